The van der Waals surface area contributed by atoms with Crippen LogP contribution in [0, 0.1) is 0 Å². The number of hydrogen-bond acceptors (Lipinski definition) is 9. The normalized spacial score (nSPS) is 14.8. The van der Waals surface area contributed by atoms with Gasteiger partial charge < -0.3 is 24.6 Å². The van der Waals surface area contributed by atoms with Crippen molar-refractivity contribution in [2.24, 2.45) is 0 Å². The van der Waals surface area contributed by atoms with Gasteiger partial charge in [0.1, 0.15) is 12.7 Å². The van der Waals surface area contributed by atoms with Crippen LogP contribution in [0.4, 0.5) is 0 Å². The van der Waals surface area contributed by atoms with E-state index in [-0.39, 0.29) is 19.4 Å². The Hall–Kier alpha value is -2.85. The Kier molecular flexibility index (Phi) is 37.3. The van der Waals surface area contributed by atoms with Crippen molar-refractivity contribution in [3.63, 3.8) is 0 Å². The second-order valence-electron chi connectivity index (χ2n) is 13.3. The van der Waals surface area contributed by atoms with Crippen LogP contribution >= 0.6 is 7.82 Å². The molecule has 0 rings (SSSR count). The average Bonchev–Trinajstić information content (AvgIpc) is 3.17. The third-order valence-corrected chi connectivity index (χ3v) is 8.97. The Labute approximate surface area is 332 Å². The highest BCUT2D eigenvalue weighted by molar-refractivity contribution is 7.47. The van der Waals surface area contributed by atoms with Gasteiger partial charge in [-0.15, -0.1) is 0 Å². The quantitative estimate of drug-likeness (QED) is 0.0240. The number of aliphatic hydroxyl groups is 2. The fraction of sp³-hybridized carbons (Fsp3) is 0.636. The van der Waals surface area contributed by atoms with Gasteiger partial charge in [-0.25, -0.2) is 4.57 Å². The number of esters is 2. The van der Waals surface area contributed by atoms with E-state index in [9.17, 15) is 24.2 Å². The first-order valence-electron chi connectivity index (χ1n) is 20.5. The number of allylic oxidation sites excluding steroid dienone is 14. The van der Waals surface area contributed by atoms with Crippen molar-refractivity contribution in [3.8, 4) is 0 Å². The zero-order valence-electron chi connectivity index (χ0n) is 33.9. The van der Waals surface area contributed by atoms with Gasteiger partial charge in [0, 0.05) is 12.8 Å². The van der Waals surface area contributed by atoms with E-state index in [1.807, 2.05) is 6.08 Å². The summed E-state index contributed by atoms with van der Waals surface area (Å²) in [5.41, 5.74) is 0. The lowest BCUT2D eigenvalue weighted by atomic mass is 10.1. The summed E-state index contributed by atoms with van der Waals surface area (Å²) in [6.07, 6.45) is 45.6. The van der Waals surface area contributed by atoms with Gasteiger partial charge in [0.15, 0.2) is 6.10 Å². The van der Waals surface area contributed by atoms with Crippen molar-refractivity contribution < 1.29 is 47.8 Å². The van der Waals surface area contributed by atoms with Gasteiger partial charge in [0.25, 0.3) is 0 Å². The number of rotatable bonds is 37. The van der Waals surface area contributed by atoms with Gasteiger partial charge in [-0.1, -0.05) is 125 Å². The van der Waals surface area contributed by atoms with Crippen LogP contribution in [0.1, 0.15) is 142 Å². The molecular weight excluding hydrogens is 719 g/mol. The molecule has 1 unspecified atom stereocenters. The van der Waals surface area contributed by atoms with Crippen molar-refractivity contribution in [3.05, 3.63) is 85.1 Å². The van der Waals surface area contributed by atoms with Crippen molar-refractivity contribution >= 4 is 19.8 Å². The van der Waals surface area contributed by atoms with E-state index in [1.54, 1.807) is 0 Å². The van der Waals surface area contributed by atoms with E-state index < -0.39 is 51.8 Å². The minimum absolute atomic E-state index is 0.119. The number of unbranched alkanes of at least 4 members (excludes halogenated alkanes) is 9. The van der Waals surface area contributed by atoms with Crippen LogP contribution in [0.25, 0.3) is 0 Å². The molecule has 10 nitrogen and oxygen atoms in total. The number of hydrogen-bond donors (Lipinski definition) is 3. The summed E-state index contributed by atoms with van der Waals surface area (Å²) in [7, 11) is -4.64. The summed E-state index contributed by atoms with van der Waals surface area (Å²) in [5.74, 6) is -1.05. The molecule has 0 heterocycles. The van der Waals surface area contributed by atoms with Crippen LogP contribution < -0.4 is 0 Å². The average molecular weight is 793 g/mol. The molecule has 0 saturated carbocycles. The maximum Gasteiger partial charge on any atom is 0.472 e. The molecule has 314 valence electrons. The Morgan fingerprint density at radius 3 is 1.40 bits per heavy atom. The lowest BCUT2D eigenvalue weighted by Gasteiger charge is -2.20. The summed E-state index contributed by atoms with van der Waals surface area (Å²) >= 11 is 0. The summed E-state index contributed by atoms with van der Waals surface area (Å²) in [4.78, 5) is 34.9. The Balaban J connectivity index is 4.52. The zero-order valence-corrected chi connectivity index (χ0v) is 34.7. The smallest absolute Gasteiger partial charge is 0.462 e. The number of carbonyl (C=O) groups excluding carboxylic acids is 2. The van der Waals surface area contributed by atoms with Crippen LogP contribution in [-0.4, -0.2) is 65.7 Å². The first-order chi connectivity index (χ1) is 26.7. The minimum Gasteiger partial charge on any atom is -0.462 e. The van der Waals surface area contributed by atoms with Crippen LogP contribution in [-0.2, 0) is 32.7 Å². The van der Waals surface area contributed by atoms with Crippen molar-refractivity contribution in [2.75, 3.05) is 26.4 Å². The maximum atomic E-state index is 12.6. The van der Waals surface area contributed by atoms with Crippen molar-refractivity contribution in [1.82, 2.24) is 0 Å². The number of phosphoric ester groups is 1. The standard InChI is InChI=1S/C44H73O10P/c1-3-5-7-9-11-13-15-17-19-20-22-23-25-27-29-31-33-35-43(47)51-39-42(40-53-55(49,50)52-38-41(46)37-45)54-44(48)36-34-32-30-28-26-24-21-18-16-14-12-10-8-6-4-2/h11-14,17-19,21-23,26-29,41-42,45-46H,3-10,15-16,20,24-25,30-40H2,1-2H3,(H,49,50)/b13-11-,14-12-,19-17-,21-18-,23-22-,28-26-,29-27-/t41-,42+/m0/s1. The third kappa shape index (κ3) is 39.2. The third-order valence-electron chi connectivity index (χ3n) is 8.02. The van der Waals surface area contributed by atoms with E-state index in [1.165, 1.54) is 38.5 Å². The monoisotopic (exact) mass is 792 g/mol. The Morgan fingerprint density at radius 1 is 0.545 bits per heavy atom. The molecule has 0 fully saturated rings. The van der Waals surface area contributed by atoms with Gasteiger partial charge >= 0.3 is 19.8 Å². The lowest BCUT2D eigenvalue weighted by Crippen LogP contribution is -2.29. The molecule has 0 spiro atoms. The second kappa shape index (κ2) is 39.4. The first kappa shape index (κ1) is 52.2. The highest BCUT2D eigenvalue weighted by Crippen LogP contribution is 2.43. The van der Waals surface area contributed by atoms with Gasteiger partial charge in [-0.05, 0) is 89.9 Å². The van der Waals surface area contributed by atoms with E-state index in [0.717, 1.165) is 57.8 Å². The molecule has 0 saturated heterocycles. The largest absolute Gasteiger partial charge is 0.472 e. The molecule has 0 aliphatic rings. The van der Waals surface area contributed by atoms with Crippen molar-refractivity contribution in [1.29, 1.82) is 0 Å². The molecule has 3 atom stereocenters. The lowest BCUT2D eigenvalue weighted by molar-refractivity contribution is -0.161. The molecule has 3 N–H and O–H groups in total. The van der Waals surface area contributed by atoms with Crippen LogP contribution in [0.15, 0.2) is 85.1 Å². The van der Waals surface area contributed by atoms with E-state index in [2.05, 4.69) is 97.4 Å². The van der Waals surface area contributed by atoms with Gasteiger partial charge in [0.2, 0.25) is 0 Å². The molecule has 0 amide bonds. The first-order valence-corrected chi connectivity index (χ1v) is 22.0. The predicted octanol–water partition coefficient (Wildman–Crippen LogP) is 10.7. The number of phosphoric acid groups is 1. The van der Waals surface area contributed by atoms with Gasteiger partial charge in [0.05, 0.1) is 19.8 Å². The summed E-state index contributed by atoms with van der Waals surface area (Å²) in [5, 5.41) is 18.3. The van der Waals surface area contributed by atoms with E-state index in [4.69, 9.17) is 19.1 Å². The van der Waals surface area contributed by atoms with Gasteiger partial charge in [-0.3, -0.25) is 18.6 Å². The van der Waals surface area contributed by atoms with Crippen LogP contribution in [0.2, 0.25) is 0 Å². The van der Waals surface area contributed by atoms with E-state index in [0.29, 0.717) is 19.3 Å². The van der Waals surface area contributed by atoms with Crippen molar-refractivity contribution in [2.45, 2.75) is 154 Å². The Bertz CT molecular complexity index is 1190. The molecule has 0 bridgehead atoms. The molecule has 0 aromatic heterocycles. The summed E-state index contributed by atoms with van der Waals surface area (Å²) < 4.78 is 32.5. The molecule has 0 aliphatic heterocycles. The zero-order chi connectivity index (χ0) is 40.5. The molecule has 0 aromatic carbocycles. The SMILES string of the molecule is CCCCC/C=C\C/C=C\C/C=C\C/C=C\CCCC(=O)OC[C@H](COP(=O)(O)OC[C@@H](O)CO)OC(=O)CCCC/C=C\C/C=C\C/C=C\CCCCC. The number of carbonyl (C=O) groups is 2. The molecule has 0 radical (unpaired) electrons. The fourth-order valence-electron chi connectivity index (χ4n) is 4.81. The highest BCUT2D eigenvalue weighted by Gasteiger charge is 2.27. The molecule has 0 aromatic rings. The minimum atomic E-state index is -4.64. The van der Waals surface area contributed by atoms with E-state index >= 15 is 0 Å². The predicted molar refractivity (Wildman–Crippen MR) is 223 cm³/mol. The molecule has 0 aliphatic carbocycles. The summed E-state index contributed by atoms with van der Waals surface area (Å²) in [6, 6.07) is 0. The molecule has 11 heteroatoms. The number of ether oxygens (including phenoxy) is 2. The van der Waals surface area contributed by atoms with Crippen LogP contribution in [0.3, 0.4) is 0 Å². The van der Waals surface area contributed by atoms with Gasteiger partial charge in [-0.2, -0.15) is 0 Å². The topological polar surface area (TPSA) is 149 Å². The highest BCUT2D eigenvalue weighted by atomic mass is 31.2. The summed E-state index contributed by atoms with van der Waals surface area (Å²) in [6.45, 7) is 2.19. The fourth-order valence-corrected chi connectivity index (χ4v) is 5.60. The molecule has 55 heavy (non-hydrogen) atoms. The number of aliphatic hydroxyl groups excluding tert-OH is 2. The second-order valence-corrected chi connectivity index (χ2v) is 14.8. The molecular formula is C44H73O10P. The maximum absolute atomic E-state index is 12.6. The van der Waals surface area contributed by atoms with Crippen LogP contribution in [0.5, 0.6) is 0 Å². The Morgan fingerprint density at radius 2 is 0.945 bits per heavy atom.